The van der Waals surface area contributed by atoms with Crippen LogP contribution in [-0.2, 0) is 44.2 Å². The number of nitrogens with one attached hydrogen (secondary N) is 4. The van der Waals surface area contributed by atoms with Crippen molar-refractivity contribution in [2.45, 2.75) is 88.9 Å². The predicted molar refractivity (Wildman–Crippen MR) is 207 cm³/mol. The molecule has 3 saturated heterocycles. The normalized spacial score (nSPS) is 26.9. The molecule has 3 aromatic rings. The second kappa shape index (κ2) is 16.0. The Hall–Kier alpha value is -3.99. The van der Waals surface area contributed by atoms with Crippen LogP contribution in [0, 0.1) is 17.8 Å². The van der Waals surface area contributed by atoms with Crippen LogP contribution in [0.25, 0.3) is 0 Å². The van der Waals surface area contributed by atoms with Crippen LogP contribution in [0.15, 0.2) is 48.7 Å². The molecule has 2 aromatic carbocycles. The average molecular weight is 759 g/mol. The molecule has 290 valence electrons. The Morgan fingerprint density at radius 2 is 1.70 bits per heavy atom. The first kappa shape index (κ1) is 38.3. The molecule has 0 saturated carbocycles. The molecule has 6 atom stereocenters. The van der Waals surface area contributed by atoms with Gasteiger partial charge in [0.2, 0.25) is 11.8 Å². The number of carbonyl (C=O) groups is 3. The minimum atomic E-state index is -2.93. The van der Waals surface area contributed by atoms with E-state index in [1.54, 1.807) is 15.8 Å². The van der Waals surface area contributed by atoms with E-state index in [0.717, 1.165) is 44.3 Å². The number of hydrogen-bond acceptors (Lipinski definition) is 10. The van der Waals surface area contributed by atoms with Crippen LogP contribution in [-0.4, -0.2) is 89.8 Å². The first-order chi connectivity index (χ1) is 26.0. The predicted octanol–water partition coefficient (Wildman–Crippen LogP) is 3.12. The van der Waals surface area contributed by atoms with Crippen LogP contribution in [0.5, 0.6) is 0 Å². The molecule has 0 bridgehead atoms. The third-order valence-electron chi connectivity index (χ3n) is 11.7. The number of aryl methyl sites for hydroxylation is 1. The number of carbonyl (C=O) groups excluding carboxylic acids is 3. The molecule has 1 aromatic heterocycles. The maximum Gasteiger partial charge on any atom is 0.264 e. The minimum Gasteiger partial charge on any atom is -0.432 e. The molecule has 7 rings (SSSR count). The lowest BCUT2D eigenvalue weighted by Crippen LogP contribution is -2.46. The Balaban J connectivity index is 1.20. The first-order valence-electron chi connectivity index (χ1n) is 19.5. The third-order valence-corrected chi connectivity index (χ3v) is 14.2. The van der Waals surface area contributed by atoms with Gasteiger partial charge in [-0.25, -0.2) is 0 Å². The van der Waals surface area contributed by atoms with Crippen molar-refractivity contribution in [3.8, 4) is 0 Å². The van der Waals surface area contributed by atoms with Gasteiger partial charge in [-0.1, -0.05) is 24.3 Å². The van der Waals surface area contributed by atoms with Gasteiger partial charge in [-0.05, 0) is 94.2 Å². The lowest BCUT2D eigenvalue weighted by molar-refractivity contribution is -0.146. The SMILES string of the molecule is C[C@H]1[C@H]([Si](C)(C)O)[C@@H](CCn2cc(CCO)nn2)O[C@]12C(=O)N(Cc1cccc(NC(=O)C3CCCNC3)c1)c1ccc(NC(=O)C3CCCNC3)cc12. The Morgan fingerprint density at radius 3 is 2.33 bits per heavy atom. The van der Waals surface area contributed by atoms with Crippen LogP contribution in [0.2, 0.25) is 18.6 Å². The fourth-order valence-electron chi connectivity index (χ4n) is 9.09. The van der Waals surface area contributed by atoms with Crippen molar-refractivity contribution in [1.29, 1.82) is 0 Å². The number of rotatable bonds is 12. The number of fused-ring (bicyclic) bond motifs is 2. The third kappa shape index (κ3) is 7.75. The summed E-state index contributed by atoms with van der Waals surface area (Å²) in [6, 6.07) is 13.2. The number of amides is 3. The number of nitrogens with zero attached hydrogens (tertiary/aromatic N) is 4. The van der Waals surface area contributed by atoms with Crippen molar-refractivity contribution in [2.24, 2.45) is 17.8 Å². The lowest BCUT2D eigenvalue weighted by Gasteiger charge is -2.32. The molecule has 1 spiro atoms. The summed E-state index contributed by atoms with van der Waals surface area (Å²) >= 11 is 0. The van der Waals surface area contributed by atoms with E-state index >= 15 is 4.79 Å². The molecule has 4 aliphatic rings. The van der Waals surface area contributed by atoms with Crippen LogP contribution >= 0.6 is 0 Å². The summed E-state index contributed by atoms with van der Waals surface area (Å²) in [5, 5.41) is 30.5. The number of aliphatic hydroxyl groups excluding tert-OH is 1. The monoisotopic (exact) mass is 758 g/mol. The van der Waals surface area contributed by atoms with Gasteiger partial charge in [-0.15, -0.1) is 5.10 Å². The van der Waals surface area contributed by atoms with Crippen molar-refractivity contribution < 1.29 is 29.0 Å². The topological polar surface area (TPSA) is 183 Å². The number of aromatic nitrogens is 3. The molecule has 15 heteroatoms. The van der Waals surface area contributed by atoms with Crippen molar-refractivity contribution in [2.75, 3.05) is 48.3 Å². The zero-order valence-electron chi connectivity index (χ0n) is 31.5. The quantitative estimate of drug-likeness (QED) is 0.150. The van der Waals surface area contributed by atoms with Gasteiger partial charge >= 0.3 is 0 Å². The molecule has 54 heavy (non-hydrogen) atoms. The van der Waals surface area contributed by atoms with E-state index in [-0.39, 0.29) is 48.3 Å². The van der Waals surface area contributed by atoms with Gasteiger partial charge in [0.1, 0.15) is 0 Å². The van der Waals surface area contributed by atoms with Gasteiger partial charge in [-0.3, -0.25) is 19.1 Å². The molecule has 5 heterocycles. The summed E-state index contributed by atoms with van der Waals surface area (Å²) in [6.07, 6.45) is 5.78. The molecule has 3 fully saturated rings. The van der Waals surface area contributed by atoms with E-state index in [4.69, 9.17) is 4.74 Å². The summed E-state index contributed by atoms with van der Waals surface area (Å²) < 4.78 is 8.78. The van der Waals surface area contributed by atoms with Gasteiger partial charge in [0, 0.05) is 67.3 Å². The Morgan fingerprint density at radius 1 is 1.02 bits per heavy atom. The Labute approximate surface area is 317 Å². The van der Waals surface area contributed by atoms with Crippen LogP contribution < -0.4 is 26.2 Å². The zero-order chi connectivity index (χ0) is 38.0. The second-order valence-electron chi connectivity index (χ2n) is 16.0. The summed E-state index contributed by atoms with van der Waals surface area (Å²) in [6.45, 7) is 9.58. The number of ether oxygens (including phenoxy) is 1. The van der Waals surface area contributed by atoms with E-state index in [1.807, 2.05) is 62.5 Å². The van der Waals surface area contributed by atoms with Crippen LogP contribution in [0.4, 0.5) is 17.1 Å². The molecular formula is C39H54N8O6Si. The number of anilines is 3. The maximum atomic E-state index is 15.1. The molecule has 0 aliphatic carbocycles. The van der Waals surface area contributed by atoms with Crippen LogP contribution in [0.1, 0.15) is 55.8 Å². The molecule has 3 amide bonds. The van der Waals surface area contributed by atoms with Gasteiger partial charge in [0.15, 0.2) is 13.9 Å². The lowest BCUT2D eigenvalue weighted by atomic mass is 9.82. The second-order valence-corrected chi connectivity index (χ2v) is 20.0. The smallest absolute Gasteiger partial charge is 0.264 e. The molecule has 0 radical (unpaired) electrons. The molecule has 14 nitrogen and oxygen atoms in total. The standard InChI is InChI=1S/C39H54N8O6Si/c1-25-35(54(2,3)52)34(13-17-46-24-31(14-18-48)44-45-46)53-39(25)32-20-30(43-37(50)28-9-6-16-41-22-28)11-12-33(32)47(38(39)51)23-26-7-4-10-29(19-26)42-36(49)27-8-5-15-40-21-27/h4,7,10-12,19-20,24-25,27-28,34-35,40-41,48,52H,5-6,8-9,13-18,21-23H2,1-3H3,(H,42,49)(H,43,50)/t25-,27?,28?,34+,35-,39+/m0/s1. The number of piperidine rings is 2. The number of aliphatic hydroxyl groups is 1. The van der Waals surface area contributed by atoms with Crippen molar-refractivity contribution in [3.05, 3.63) is 65.5 Å². The number of benzene rings is 2. The highest BCUT2D eigenvalue weighted by Crippen LogP contribution is 2.60. The van der Waals surface area contributed by atoms with Gasteiger partial charge in [0.05, 0.1) is 35.9 Å². The summed E-state index contributed by atoms with van der Waals surface area (Å²) in [5.41, 5.74) is 2.45. The van der Waals surface area contributed by atoms with Gasteiger partial charge < -0.3 is 40.8 Å². The molecule has 6 N–H and O–H groups in total. The van der Waals surface area contributed by atoms with Crippen molar-refractivity contribution in [1.82, 2.24) is 25.6 Å². The van der Waals surface area contributed by atoms with E-state index in [1.165, 1.54) is 0 Å². The van der Waals surface area contributed by atoms with E-state index in [2.05, 4.69) is 31.6 Å². The largest absolute Gasteiger partial charge is 0.432 e. The summed E-state index contributed by atoms with van der Waals surface area (Å²) in [7, 11) is -2.93. The Bertz CT molecular complexity index is 1840. The maximum absolute atomic E-state index is 15.1. The fraction of sp³-hybridized carbons (Fsp3) is 0.564. The van der Waals surface area contributed by atoms with Gasteiger partial charge in [0.25, 0.3) is 5.91 Å². The van der Waals surface area contributed by atoms with Crippen molar-refractivity contribution >= 4 is 43.1 Å². The van der Waals surface area contributed by atoms with Crippen LogP contribution in [0.3, 0.4) is 0 Å². The molecular weight excluding hydrogens is 705 g/mol. The average Bonchev–Trinajstić information content (AvgIpc) is 3.81. The first-order valence-corrected chi connectivity index (χ1v) is 22.5. The van der Waals surface area contributed by atoms with Gasteiger partial charge in [-0.2, -0.15) is 0 Å². The highest BCUT2D eigenvalue weighted by atomic mass is 28.4. The van der Waals surface area contributed by atoms with E-state index in [9.17, 15) is 19.5 Å². The van der Waals surface area contributed by atoms with Crippen molar-refractivity contribution in [3.63, 3.8) is 0 Å². The highest BCUT2D eigenvalue weighted by Gasteiger charge is 2.66. The summed E-state index contributed by atoms with van der Waals surface area (Å²) in [5.74, 6) is -0.928. The fourth-order valence-corrected chi connectivity index (χ4v) is 11.7. The summed E-state index contributed by atoms with van der Waals surface area (Å²) in [4.78, 5) is 55.1. The number of hydrogen-bond donors (Lipinski definition) is 6. The van der Waals surface area contributed by atoms with E-state index < -0.39 is 25.9 Å². The zero-order valence-corrected chi connectivity index (χ0v) is 32.5. The Kier molecular flexibility index (Phi) is 11.3. The molecule has 4 aliphatic heterocycles. The highest BCUT2D eigenvalue weighted by molar-refractivity contribution is 6.71. The molecule has 2 unspecified atom stereocenters. The minimum absolute atomic E-state index is 0.0176. The van der Waals surface area contributed by atoms with E-state index in [0.29, 0.717) is 60.8 Å².